The van der Waals surface area contributed by atoms with Gasteiger partial charge in [0.2, 0.25) is 0 Å². The summed E-state index contributed by atoms with van der Waals surface area (Å²) in [6, 6.07) is 5.54. The number of nitrogens with one attached hydrogen (secondary N) is 1. The van der Waals surface area contributed by atoms with Crippen molar-refractivity contribution >= 4 is 11.7 Å². The van der Waals surface area contributed by atoms with E-state index in [-0.39, 0.29) is 11.9 Å². The van der Waals surface area contributed by atoms with Crippen LogP contribution in [0.15, 0.2) is 30.6 Å². The molecule has 1 fully saturated rings. The minimum atomic E-state index is -0.0544. The predicted molar refractivity (Wildman–Crippen MR) is 101 cm³/mol. The number of para-hydroxylation sites is 1. The summed E-state index contributed by atoms with van der Waals surface area (Å²) in [6.45, 7) is 1.28. The number of nitrogens with zero attached hydrogens (tertiary/aromatic N) is 3. The second-order valence-electron chi connectivity index (χ2n) is 6.17. The molecule has 1 aliphatic heterocycles. The van der Waals surface area contributed by atoms with Crippen LogP contribution in [0.4, 0.5) is 5.82 Å². The molecule has 2 heterocycles. The van der Waals surface area contributed by atoms with Crippen LogP contribution in [-0.4, -0.2) is 61.2 Å². The first kappa shape index (κ1) is 18.8. The lowest BCUT2D eigenvalue weighted by molar-refractivity contribution is 0.0714. The molecule has 0 unspecified atom stereocenters. The standard InChI is InChI=1S/C19H24N4O4/c1-25-15-6-4-5-14(16(15)26-2)19(24)23-11-7-13(8-12-23)22-17-18(27-3)21-10-9-20-17/h4-6,9-10,13H,7-8,11-12H2,1-3H3,(H,20,22). The molecule has 0 radical (unpaired) electrons. The van der Waals surface area contributed by atoms with Crippen LogP contribution in [0.5, 0.6) is 17.4 Å². The van der Waals surface area contributed by atoms with Gasteiger partial charge in [0.25, 0.3) is 11.8 Å². The van der Waals surface area contributed by atoms with Gasteiger partial charge in [0.05, 0.1) is 26.9 Å². The largest absolute Gasteiger partial charge is 0.493 e. The van der Waals surface area contributed by atoms with E-state index in [0.717, 1.165) is 12.8 Å². The van der Waals surface area contributed by atoms with Crippen LogP contribution in [0.2, 0.25) is 0 Å². The van der Waals surface area contributed by atoms with E-state index >= 15 is 0 Å². The van der Waals surface area contributed by atoms with E-state index in [1.165, 1.54) is 0 Å². The first-order chi connectivity index (χ1) is 13.2. The number of rotatable bonds is 6. The van der Waals surface area contributed by atoms with Gasteiger partial charge in [-0.25, -0.2) is 9.97 Å². The molecule has 0 bridgehead atoms. The van der Waals surface area contributed by atoms with E-state index in [4.69, 9.17) is 14.2 Å². The molecule has 2 aromatic rings. The van der Waals surface area contributed by atoms with Crippen LogP contribution in [0, 0.1) is 0 Å². The number of ether oxygens (including phenoxy) is 3. The Morgan fingerprint density at radius 1 is 1.07 bits per heavy atom. The van der Waals surface area contributed by atoms with Crippen LogP contribution in [0.25, 0.3) is 0 Å². The smallest absolute Gasteiger partial charge is 0.257 e. The van der Waals surface area contributed by atoms with Gasteiger partial charge in [-0.05, 0) is 25.0 Å². The number of aromatic nitrogens is 2. The van der Waals surface area contributed by atoms with Crippen LogP contribution >= 0.6 is 0 Å². The first-order valence-corrected chi connectivity index (χ1v) is 8.79. The summed E-state index contributed by atoms with van der Waals surface area (Å²) in [4.78, 5) is 23.2. The Balaban J connectivity index is 1.65. The number of amides is 1. The normalized spacial score (nSPS) is 14.6. The van der Waals surface area contributed by atoms with Gasteiger partial charge in [0.1, 0.15) is 0 Å². The van der Waals surface area contributed by atoms with Crippen molar-refractivity contribution in [3.63, 3.8) is 0 Å². The summed E-state index contributed by atoms with van der Waals surface area (Å²) in [5, 5.41) is 3.36. The minimum Gasteiger partial charge on any atom is -0.493 e. The minimum absolute atomic E-state index is 0.0544. The lowest BCUT2D eigenvalue weighted by atomic mass is 10.0. The van der Waals surface area contributed by atoms with Crippen LogP contribution in [-0.2, 0) is 0 Å². The van der Waals surface area contributed by atoms with Crippen LogP contribution in [0.1, 0.15) is 23.2 Å². The monoisotopic (exact) mass is 372 g/mol. The third kappa shape index (κ3) is 4.05. The average Bonchev–Trinajstić information content (AvgIpc) is 2.73. The second kappa shape index (κ2) is 8.57. The SMILES string of the molecule is COc1cccc(C(=O)N2CCC(Nc3nccnc3OC)CC2)c1OC. The Bertz CT molecular complexity index is 791. The maximum Gasteiger partial charge on any atom is 0.257 e. The molecule has 8 heteroatoms. The third-order valence-electron chi connectivity index (χ3n) is 4.61. The number of hydrogen-bond acceptors (Lipinski definition) is 7. The quantitative estimate of drug-likeness (QED) is 0.832. The van der Waals surface area contributed by atoms with Gasteiger partial charge in [0.15, 0.2) is 17.3 Å². The van der Waals surface area contributed by atoms with E-state index in [1.807, 2.05) is 4.90 Å². The molecule has 1 N–H and O–H groups in total. The van der Waals surface area contributed by atoms with Crippen LogP contribution in [0.3, 0.4) is 0 Å². The summed E-state index contributed by atoms with van der Waals surface area (Å²) < 4.78 is 15.9. The number of hydrogen-bond donors (Lipinski definition) is 1. The highest BCUT2D eigenvalue weighted by Gasteiger charge is 2.27. The molecule has 144 valence electrons. The lowest BCUT2D eigenvalue weighted by Gasteiger charge is -2.33. The Morgan fingerprint density at radius 3 is 2.48 bits per heavy atom. The highest BCUT2D eigenvalue weighted by Crippen LogP contribution is 2.32. The van der Waals surface area contributed by atoms with Crippen molar-refractivity contribution in [3.05, 3.63) is 36.2 Å². The van der Waals surface area contributed by atoms with Crippen molar-refractivity contribution in [1.29, 1.82) is 0 Å². The zero-order chi connectivity index (χ0) is 19.2. The van der Waals surface area contributed by atoms with Crippen molar-refractivity contribution in [2.45, 2.75) is 18.9 Å². The Morgan fingerprint density at radius 2 is 1.81 bits per heavy atom. The molecule has 1 saturated heterocycles. The predicted octanol–water partition coefficient (Wildman–Crippen LogP) is 2.22. The Labute approximate surface area is 158 Å². The van der Waals surface area contributed by atoms with Crippen molar-refractivity contribution in [2.75, 3.05) is 39.7 Å². The van der Waals surface area contributed by atoms with Crippen molar-refractivity contribution in [1.82, 2.24) is 14.9 Å². The van der Waals surface area contributed by atoms with E-state index in [0.29, 0.717) is 41.8 Å². The number of piperidine rings is 1. The summed E-state index contributed by atoms with van der Waals surface area (Å²) in [7, 11) is 4.67. The molecule has 27 heavy (non-hydrogen) atoms. The highest BCUT2D eigenvalue weighted by molar-refractivity contribution is 5.97. The molecule has 1 aromatic carbocycles. The maximum absolute atomic E-state index is 12.9. The van der Waals surface area contributed by atoms with Gasteiger partial charge in [-0.3, -0.25) is 4.79 Å². The molecule has 0 spiro atoms. The summed E-state index contributed by atoms with van der Waals surface area (Å²) >= 11 is 0. The van der Waals surface area contributed by atoms with E-state index in [2.05, 4.69) is 15.3 Å². The molecule has 0 atom stereocenters. The Kier molecular flexibility index (Phi) is 5.95. The lowest BCUT2D eigenvalue weighted by Crippen LogP contribution is -2.42. The van der Waals surface area contributed by atoms with E-state index < -0.39 is 0 Å². The van der Waals surface area contributed by atoms with Crippen LogP contribution < -0.4 is 19.5 Å². The van der Waals surface area contributed by atoms with Crippen molar-refractivity contribution in [3.8, 4) is 17.4 Å². The fraction of sp³-hybridized carbons (Fsp3) is 0.421. The van der Waals surface area contributed by atoms with Gasteiger partial charge in [-0.2, -0.15) is 0 Å². The molecule has 0 saturated carbocycles. The highest BCUT2D eigenvalue weighted by atomic mass is 16.5. The number of anilines is 1. The average molecular weight is 372 g/mol. The summed E-state index contributed by atoms with van der Waals surface area (Å²) in [5.74, 6) is 2.06. The number of carbonyl (C=O) groups excluding carboxylic acids is 1. The topological polar surface area (TPSA) is 85.8 Å². The van der Waals surface area contributed by atoms with Gasteiger partial charge in [-0.15, -0.1) is 0 Å². The number of benzene rings is 1. The van der Waals surface area contributed by atoms with E-state index in [1.54, 1.807) is 51.9 Å². The first-order valence-electron chi connectivity index (χ1n) is 8.79. The molecule has 1 aliphatic rings. The molecular formula is C19H24N4O4. The molecular weight excluding hydrogens is 348 g/mol. The molecule has 8 nitrogen and oxygen atoms in total. The fourth-order valence-electron chi connectivity index (χ4n) is 3.22. The number of carbonyl (C=O) groups is 1. The summed E-state index contributed by atoms with van der Waals surface area (Å²) in [5.41, 5.74) is 0.513. The number of methoxy groups -OCH3 is 3. The molecule has 0 aliphatic carbocycles. The van der Waals surface area contributed by atoms with Gasteiger partial charge >= 0.3 is 0 Å². The van der Waals surface area contributed by atoms with Gasteiger partial charge < -0.3 is 24.4 Å². The van der Waals surface area contributed by atoms with Gasteiger partial charge in [-0.1, -0.05) is 6.07 Å². The van der Waals surface area contributed by atoms with Crippen molar-refractivity contribution < 1.29 is 19.0 Å². The fourth-order valence-corrected chi connectivity index (χ4v) is 3.22. The van der Waals surface area contributed by atoms with E-state index in [9.17, 15) is 4.79 Å². The zero-order valence-electron chi connectivity index (χ0n) is 15.8. The molecule has 1 aromatic heterocycles. The van der Waals surface area contributed by atoms with Crippen molar-refractivity contribution in [2.24, 2.45) is 0 Å². The molecule has 3 rings (SSSR count). The maximum atomic E-state index is 12.9. The second-order valence-corrected chi connectivity index (χ2v) is 6.17. The Hall–Kier alpha value is -3.03. The molecule has 1 amide bonds. The third-order valence-corrected chi connectivity index (χ3v) is 4.61. The number of likely N-dealkylation sites (tertiary alicyclic amines) is 1. The van der Waals surface area contributed by atoms with Gasteiger partial charge in [0, 0.05) is 31.5 Å². The zero-order valence-corrected chi connectivity index (χ0v) is 15.8. The summed E-state index contributed by atoms with van der Waals surface area (Å²) in [6.07, 6.45) is 4.82.